The summed E-state index contributed by atoms with van der Waals surface area (Å²) in [5, 5.41) is 20.6. The summed E-state index contributed by atoms with van der Waals surface area (Å²) in [5.74, 6) is -3.75. The Morgan fingerprint density at radius 1 is 1.29 bits per heavy atom. The molecule has 0 heterocycles. The largest absolute Gasteiger partial charge is 0.549 e. The van der Waals surface area contributed by atoms with E-state index in [2.05, 4.69) is 0 Å². The monoisotopic (exact) mass is 231 g/mol. The van der Waals surface area contributed by atoms with Crippen molar-refractivity contribution in [3.05, 3.63) is 47.7 Å². The number of allylic oxidation sites excluding steroid dienone is 1. The van der Waals surface area contributed by atoms with Crippen LogP contribution in [0.2, 0.25) is 0 Å². The number of rotatable bonds is 2. The van der Waals surface area contributed by atoms with Crippen LogP contribution in [-0.2, 0) is 9.59 Å². The van der Waals surface area contributed by atoms with E-state index < -0.39 is 23.6 Å². The van der Waals surface area contributed by atoms with E-state index in [0.717, 1.165) is 11.6 Å². The highest BCUT2D eigenvalue weighted by molar-refractivity contribution is 5.94. The normalized spacial score (nSPS) is 24.2. The Morgan fingerprint density at radius 2 is 1.94 bits per heavy atom. The summed E-state index contributed by atoms with van der Waals surface area (Å²) in [6.07, 6.45) is 1.05. The molecule has 1 aliphatic carbocycles. The lowest BCUT2D eigenvalue weighted by Crippen LogP contribution is -2.39. The molecule has 0 saturated carbocycles. The standard InChI is InChI=1S/C13H12O4/c14-9-6-10(8-4-2-1-3-5-8)12(13(16)17)11(15)7-9/h1-5,7,10,12,15H,6H2,(H,16,17)/p-1/t10-,12+/m1/s1. The first-order valence-corrected chi connectivity index (χ1v) is 5.29. The molecule has 4 heteroatoms. The van der Waals surface area contributed by atoms with Crippen molar-refractivity contribution in [1.29, 1.82) is 0 Å². The van der Waals surface area contributed by atoms with E-state index in [1.165, 1.54) is 0 Å². The molecular formula is C13H11O4-. The Labute approximate surface area is 98.2 Å². The van der Waals surface area contributed by atoms with Crippen LogP contribution in [0.4, 0.5) is 0 Å². The third kappa shape index (κ3) is 2.20. The lowest BCUT2D eigenvalue weighted by Gasteiger charge is -2.30. The molecule has 1 N–H and O–H groups in total. The first-order chi connectivity index (χ1) is 8.09. The summed E-state index contributed by atoms with van der Waals surface area (Å²) in [5.41, 5.74) is 0.717. The van der Waals surface area contributed by atoms with Crippen molar-refractivity contribution in [3.8, 4) is 0 Å². The first-order valence-electron chi connectivity index (χ1n) is 5.29. The van der Waals surface area contributed by atoms with Gasteiger partial charge in [0.15, 0.2) is 5.78 Å². The fourth-order valence-corrected chi connectivity index (χ4v) is 2.15. The number of carbonyl (C=O) groups excluding carboxylic acids is 2. The van der Waals surface area contributed by atoms with Gasteiger partial charge in [0, 0.05) is 18.4 Å². The second-order valence-corrected chi connectivity index (χ2v) is 4.05. The molecule has 0 saturated heterocycles. The predicted molar refractivity (Wildman–Crippen MR) is 58.0 cm³/mol. The number of hydrogen-bond acceptors (Lipinski definition) is 4. The number of hydrogen-bond donors (Lipinski definition) is 1. The lowest BCUT2D eigenvalue weighted by molar-refractivity contribution is -0.311. The molecular weight excluding hydrogens is 220 g/mol. The predicted octanol–water partition coefficient (Wildman–Crippen LogP) is 0.551. The molecule has 0 radical (unpaired) electrons. The minimum Gasteiger partial charge on any atom is -0.549 e. The van der Waals surface area contributed by atoms with Gasteiger partial charge in [-0.3, -0.25) is 4.79 Å². The minimum absolute atomic E-state index is 0.0761. The molecule has 2 atom stereocenters. The van der Waals surface area contributed by atoms with Crippen molar-refractivity contribution in [2.75, 3.05) is 0 Å². The van der Waals surface area contributed by atoms with Crippen LogP contribution in [0.1, 0.15) is 17.9 Å². The minimum atomic E-state index is -1.36. The number of aliphatic carboxylic acids is 1. The van der Waals surface area contributed by atoms with Crippen LogP contribution in [0.25, 0.3) is 0 Å². The van der Waals surface area contributed by atoms with Gasteiger partial charge in [-0.1, -0.05) is 30.3 Å². The van der Waals surface area contributed by atoms with Gasteiger partial charge in [0.1, 0.15) is 5.76 Å². The summed E-state index contributed by atoms with van der Waals surface area (Å²) in [7, 11) is 0. The van der Waals surface area contributed by atoms with Crippen molar-refractivity contribution in [1.82, 2.24) is 0 Å². The van der Waals surface area contributed by atoms with Gasteiger partial charge in [0.2, 0.25) is 0 Å². The maximum atomic E-state index is 11.4. The van der Waals surface area contributed by atoms with Crippen molar-refractivity contribution in [2.45, 2.75) is 12.3 Å². The molecule has 1 aliphatic rings. The van der Waals surface area contributed by atoms with E-state index in [0.29, 0.717) is 0 Å². The molecule has 0 bridgehead atoms. The SMILES string of the molecule is O=C1C=C(O)[C@@H](C(=O)[O-])[C@@H](c2ccccc2)C1. The summed E-state index contributed by atoms with van der Waals surface area (Å²) >= 11 is 0. The summed E-state index contributed by atoms with van der Waals surface area (Å²) in [6, 6.07) is 8.82. The van der Waals surface area contributed by atoms with E-state index >= 15 is 0 Å². The lowest BCUT2D eigenvalue weighted by atomic mass is 9.77. The third-order valence-electron chi connectivity index (χ3n) is 2.93. The molecule has 4 nitrogen and oxygen atoms in total. The van der Waals surface area contributed by atoms with Gasteiger partial charge in [-0.25, -0.2) is 0 Å². The van der Waals surface area contributed by atoms with Crippen molar-refractivity contribution in [3.63, 3.8) is 0 Å². The molecule has 2 rings (SSSR count). The Kier molecular flexibility index (Phi) is 2.95. The number of carboxylic acids is 1. The molecule has 0 amide bonds. The van der Waals surface area contributed by atoms with E-state index in [9.17, 15) is 19.8 Å². The Morgan fingerprint density at radius 3 is 2.53 bits per heavy atom. The first kappa shape index (κ1) is 11.4. The van der Waals surface area contributed by atoms with Crippen molar-refractivity contribution < 1.29 is 19.8 Å². The topological polar surface area (TPSA) is 77.4 Å². The van der Waals surface area contributed by atoms with Crippen LogP contribution in [0.3, 0.4) is 0 Å². The average molecular weight is 231 g/mol. The summed E-state index contributed by atoms with van der Waals surface area (Å²) < 4.78 is 0. The zero-order chi connectivity index (χ0) is 12.4. The van der Waals surface area contributed by atoms with E-state index in [1.54, 1.807) is 30.3 Å². The molecule has 0 unspecified atom stereocenters. The van der Waals surface area contributed by atoms with Crippen LogP contribution in [0.5, 0.6) is 0 Å². The van der Waals surface area contributed by atoms with Gasteiger partial charge in [-0.2, -0.15) is 0 Å². The van der Waals surface area contributed by atoms with Crippen LogP contribution in [0, 0.1) is 5.92 Å². The molecule has 1 aromatic rings. The molecule has 0 spiro atoms. The van der Waals surface area contributed by atoms with Gasteiger partial charge >= 0.3 is 0 Å². The zero-order valence-corrected chi connectivity index (χ0v) is 9.00. The second-order valence-electron chi connectivity index (χ2n) is 4.05. The van der Waals surface area contributed by atoms with Gasteiger partial charge in [0.05, 0.1) is 11.9 Å². The van der Waals surface area contributed by atoms with Crippen molar-refractivity contribution in [2.24, 2.45) is 5.92 Å². The number of aliphatic hydroxyl groups excluding tert-OH is 1. The number of aliphatic hydroxyl groups is 1. The molecule has 88 valence electrons. The number of ketones is 1. The zero-order valence-electron chi connectivity index (χ0n) is 9.00. The molecule has 0 aromatic heterocycles. The average Bonchev–Trinajstić information content (AvgIpc) is 2.28. The second kappa shape index (κ2) is 4.41. The smallest absolute Gasteiger partial charge is 0.159 e. The number of benzene rings is 1. The van der Waals surface area contributed by atoms with Gasteiger partial charge in [-0.05, 0) is 5.56 Å². The fourth-order valence-electron chi connectivity index (χ4n) is 2.15. The van der Waals surface area contributed by atoms with Gasteiger partial charge in [0.25, 0.3) is 0 Å². The van der Waals surface area contributed by atoms with E-state index in [-0.39, 0.29) is 12.2 Å². The fraction of sp³-hybridized carbons (Fsp3) is 0.231. The van der Waals surface area contributed by atoms with Crippen molar-refractivity contribution >= 4 is 11.8 Å². The highest BCUT2D eigenvalue weighted by Crippen LogP contribution is 2.35. The maximum absolute atomic E-state index is 11.4. The van der Waals surface area contributed by atoms with Crippen LogP contribution in [0.15, 0.2) is 42.2 Å². The van der Waals surface area contributed by atoms with Crippen LogP contribution >= 0.6 is 0 Å². The maximum Gasteiger partial charge on any atom is 0.159 e. The molecule has 0 fully saturated rings. The Bertz CT molecular complexity index is 475. The Balaban J connectivity index is 2.42. The van der Waals surface area contributed by atoms with Gasteiger partial charge < -0.3 is 15.0 Å². The highest BCUT2D eigenvalue weighted by atomic mass is 16.4. The quantitative estimate of drug-likeness (QED) is 0.806. The summed E-state index contributed by atoms with van der Waals surface area (Å²) in [4.78, 5) is 22.4. The third-order valence-corrected chi connectivity index (χ3v) is 2.93. The molecule has 17 heavy (non-hydrogen) atoms. The molecule has 1 aromatic carbocycles. The van der Waals surface area contributed by atoms with E-state index in [1.807, 2.05) is 0 Å². The van der Waals surface area contributed by atoms with Crippen LogP contribution in [-0.4, -0.2) is 16.9 Å². The highest BCUT2D eigenvalue weighted by Gasteiger charge is 2.33. The number of carboxylic acid groups (broad SMARTS) is 1. The van der Waals surface area contributed by atoms with Gasteiger partial charge in [-0.15, -0.1) is 0 Å². The van der Waals surface area contributed by atoms with E-state index in [4.69, 9.17) is 0 Å². The van der Waals surface area contributed by atoms with Crippen LogP contribution < -0.4 is 5.11 Å². The Hall–Kier alpha value is -2.10. The molecule has 0 aliphatic heterocycles. The number of carbonyl (C=O) groups is 2. The summed E-state index contributed by atoms with van der Waals surface area (Å²) in [6.45, 7) is 0.